The lowest BCUT2D eigenvalue weighted by Crippen LogP contribution is -2.43. The topological polar surface area (TPSA) is 18.5 Å². The number of rotatable bonds is 1. The van der Waals surface area contributed by atoms with E-state index >= 15 is 0 Å². The van der Waals surface area contributed by atoms with Crippen LogP contribution in [0.5, 0.6) is 0 Å². The summed E-state index contributed by atoms with van der Waals surface area (Å²) in [6.45, 7) is 7.49. The third-order valence-corrected chi connectivity index (χ3v) is 3.61. The number of hydrogen-bond donors (Lipinski definition) is 0. The predicted molar refractivity (Wildman–Crippen MR) is 49.9 cm³/mol. The first-order valence-electron chi connectivity index (χ1n) is 4.87. The van der Waals surface area contributed by atoms with E-state index in [1.807, 2.05) is 0 Å². The zero-order chi connectivity index (χ0) is 8.93. The monoisotopic (exact) mass is 168 g/mol. The van der Waals surface area contributed by atoms with Crippen molar-refractivity contribution in [3.63, 3.8) is 0 Å². The van der Waals surface area contributed by atoms with Gasteiger partial charge in [0.1, 0.15) is 7.85 Å². The van der Waals surface area contributed by atoms with E-state index in [0.29, 0.717) is 17.9 Å². The van der Waals surface area contributed by atoms with E-state index in [0.717, 1.165) is 6.61 Å². The Balaban J connectivity index is 2.27. The molecule has 0 aliphatic carbocycles. The van der Waals surface area contributed by atoms with Gasteiger partial charge in [-0.05, 0) is 5.92 Å². The van der Waals surface area contributed by atoms with Crippen molar-refractivity contribution in [2.24, 2.45) is 11.8 Å². The predicted octanol–water partition coefficient (Wildman–Crippen LogP) is 0.405. The van der Waals surface area contributed by atoms with Crippen LogP contribution in [0.4, 0.5) is 0 Å². The van der Waals surface area contributed by atoms with Crippen molar-refractivity contribution in [3.05, 3.63) is 0 Å². The van der Waals surface area contributed by atoms with Crippen LogP contribution in [0.3, 0.4) is 0 Å². The van der Waals surface area contributed by atoms with Gasteiger partial charge in [-0.1, -0.05) is 20.8 Å². The van der Waals surface area contributed by atoms with E-state index in [-0.39, 0.29) is 11.6 Å². The van der Waals surface area contributed by atoms with Gasteiger partial charge in [-0.15, -0.1) is 0 Å². The Morgan fingerprint density at radius 2 is 2.17 bits per heavy atom. The van der Waals surface area contributed by atoms with Crippen molar-refractivity contribution in [1.82, 2.24) is 0 Å². The lowest BCUT2D eigenvalue weighted by atomic mass is 9.80. The fraction of sp³-hybridized carbons (Fsp3) is 1.00. The van der Waals surface area contributed by atoms with Crippen LogP contribution in [0, 0.1) is 11.8 Å². The van der Waals surface area contributed by atoms with E-state index in [1.165, 1.54) is 0 Å². The van der Waals surface area contributed by atoms with Gasteiger partial charge in [0.25, 0.3) is 0 Å². The molecule has 0 aromatic heterocycles. The Labute approximate surface area is 75.0 Å². The van der Waals surface area contributed by atoms with E-state index in [9.17, 15) is 0 Å². The molecule has 68 valence electrons. The van der Waals surface area contributed by atoms with Crippen molar-refractivity contribution in [2.75, 3.05) is 6.61 Å². The first-order valence-corrected chi connectivity index (χ1v) is 4.87. The Morgan fingerprint density at radius 3 is 2.42 bits per heavy atom. The van der Waals surface area contributed by atoms with Crippen LogP contribution >= 0.6 is 0 Å². The number of hydrogen-bond acceptors (Lipinski definition) is 2. The summed E-state index contributed by atoms with van der Waals surface area (Å²) in [5.74, 6) is 1.12. The molecule has 0 aromatic carbocycles. The molecule has 4 atom stereocenters. The molecule has 2 heterocycles. The summed E-state index contributed by atoms with van der Waals surface area (Å²) in [6.07, 6.45) is 0.340. The summed E-state index contributed by atoms with van der Waals surface area (Å²) >= 11 is 0. The van der Waals surface area contributed by atoms with Crippen LogP contribution in [-0.4, -0.2) is 32.2 Å². The average Bonchev–Trinajstić information content (AvgIpc) is 2.42. The summed E-state index contributed by atoms with van der Waals surface area (Å²) in [7, 11) is 2.12. The molecular weight excluding hydrogens is 151 g/mol. The average molecular weight is 168 g/mol. The van der Waals surface area contributed by atoms with Crippen molar-refractivity contribution in [1.29, 1.82) is 0 Å². The molecule has 3 heteroatoms. The molecule has 2 aliphatic rings. The molecule has 0 N–H and O–H groups in total. The fourth-order valence-electron chi connectivity index (χ4n) is 2.71. The quantitative estimate of drug-likeness (QED) is 0.528. The molecule has 0 saturated carbocycles. The minimum Gasteiger partial charge on any atom is -0.375 e. The van der Waals surface area contributed by atoms with Crippen LogP contribution < -0.4 is 0 Å². The zero-order valence-corrected chi connectivity index (χ0v) is 8.33. The van der Waals surface area contributed by atoms with E-state index < -0.39 is 0 Å². The summed E-state index contributed by atoms with van der Waals surface area (Å²) in [4.78, 5) is 0. The second kappa shape index (κ2) is 2.49. The van der Waals surface area contributed by atoms with Gasteiger partial charge in [0.15, 0.2) is 0 Å². The van der Waals surface area contributed by atoms with Crippen molar-refractivity contribution >= 4 is 7.85 Å². The van der Waals surface area contributed by atoms with Gasteiger partial charge in [-0.2, -0.15) is 0 Å². The Bertz CT molecular complexity index is 195. The van der Waals surface area contributed by atoms with Crippen LogP contribution in [-0.2, 0) is 9.47 Å². The first-order chi connectivity index (χ1) is 5.58. The summed E-state index contributed by atoms with van der Waals surface area (Å²) in [5, 5.41) is 0. The molecule has 2 nitrogen and oxygen atoms in total. The molecule has 12 heavy (non-hydrogen) atoms. The van der Waals surface area contributed by atoms with Crippen molar-refractivity contribution < 1.29 is 9.47 Å². The molecule has 0 aromatic rings. The normalized spacial score (nSPS) is 52.2. The van der Waals surface area contributed by atoms with Gasteiger partial charge >= 0.3 is 0 Å². The smallest absolute Gasteiger partial charge is 0.142 e. The molecule has 2 unspecified atom stereocenters. The third-order valence-electron chi connectivity index (χ3n) is 3.61. The van der Waals surface area contributed by atoms with Gasteiger partial charge in [-0.25, -0.2) is 0 Å². The summed E-state index contributed by atoms with van der Waals surface area (Å²) in [6, 6.07) is 0.288. The summed E-state index contributed by atoms with van der Waals surface area (Å²) < 4.78 is 11.7. The molecule has 0 spiro atoms. The Hall–Kier alpha value is -0.0151. The summed E-state index contributed by atoms with van der Waals surface area (Å²) in [5.41, 5.74) is 0.0179. The van der Waals surface area contributed by atoms with E-state index in [2.05, 4.69) is 28.6 Å². The molecule has 2 aliphatic heterocycles. The molecule has 2 saturated heterocycles. The van der Waals surface area contributed by atoms with Gasteiger partial charge in [-0.3, -0.25) is 0 Å². The molecular formula is C9H17BO2. The molecule has 2 fully saturated rings. The van der Waals surface area contributed by atoms with Crippen LogP contribution in [0.15, 0.2) is 0 Å². The van der Waals surface area contributed by atoms with Gasteiger partial charge in [0.2, 0.25) is 0 Å². The molecule has 0 amide bonds. The minimum absolute atomic E-state index is 0.0179. The lowest BCUT2D eigenvalue weighted by Gasteiger charge is -2.34. The van der Waals surface area contributed by atoms with Crippen LogP contribution in [0.25, 0.3) is 0 Å². The first kappa shape index (κ1) is 8.58. The third kappa shape index (κ3) is 0.840. The number of ether oxygens (including phenoxy) is 2. The fourth-order valence-corrected chi connectivity index (χ4v) is 2.71. The largest absolute Gasteiger partial charge is 0.375 e. The SMILES string of the molecule is B[C@@H]1O[C@]2(C(C)C)COC1C2C. The second-order valence-corrected chi connectivity index (χ2v) is 4.50. The highest BCUT2D eigenvalue weighted by atomic mass is 16.6. The van der Waals surface area contributed by atoms with Crippen LogP contribution in [0.1, 0.15) is 20.8 Å². The van der Waals surface area contributed by atoms with E-state index in [4.69, 9.17) is 9.47 Å². The number of fused-ring (bicyclic) bond motifs is 2. The standard InChI is InChI=1S/C9H17BO2/c1-5(2)9-4-11-7(6(9)3)8(10)12-9/h5-8H,4,10H2,1-3H3/t6?,7?,8-,9+/m1/s1. The molecule has 2 bridgehead atoms. The Kier molecular flexibility index (Phi) is 1.78. The molecule has 0 radical (unpaired) electrons. The highest BCUT2D eigenvalue weighted by Gasteiger charge is 2.58. The van der Waals surface area contributed by atoms with Crippen molar-refractivity contribution in [2.45, 2.75) is 38.5 Å². The van der Waals surface area contributed by atoms with Crippen molar-refractivity contribution in [3.8, 4) is 0 Å². The van der Waals surface area contributed by atoms with Gasteiger partial charge in [0, 0.05) is 5.92 Å². The highest BCUT2D eigenvalue weighted by molar-refractivity contribution is 6.11. The second-order valence-electron chi connectivity index (χ2n) is 4.50. The lowest BCUT2D eigenvalue weighted by molar-refractivity contribution is -0.134. The maximum absolute atomic E-state index is 6.00. The Morgan fingerprint density at radius 1 is 1.50 bits per heavy atom. The zero-order valence-electron chi connectivity index (χ0n) is 8.33. The molecule has 2 rings (SSSR count). The maximum Gasteiger partial charge on any atom is 0.142 e. The van der Waals surface area contributed by atoms with Gasteiger partial charge < -0.3 is 9.47 Å². The highest BCUT2D eigenvalue weighted by Crippen LogP contribution is 2.47. The minimum atomic E-state index is 0.0179. The van der Waals surface area contributed by atoms with Gasteiger partial charge in [0.05, 0.1) is 24.3 Å². The van der Waals surface area contributed by atoms with Crippen LogP contribution in [0.2, 0.25) is 0 Å². The van der Waals surface area contributed by atoms with E-state index in [1.54, 1.807) is 0 Å². The maximum atomic E-state index is 6.00.